The van der Waals surface area contributed by atoms with Gasteiger partial charge in [0.25, 0.3) is 11.5 Å². The zero-order chi connectivity index (χ0) is 21.1. The molecule has 2 aliphatic rings. The fourth-order valence-corrected chi connectivity index (χ4v) is 4.39. The van der Waals surface area contributed by atoms with Gasteiger partial charge >= 0.3 is 0 Å². The van der Waals surface area contributed by atoms with Crippen LogP contribution in [0.3, 0.4) is 0 Å². The number of aliphatic hydroxyl groups is 1. The van der Waals surface area contributed by atoms with Crippen molar-refractivity contribution in [2.45, 2.75) is 56.7 Å². The minimum absolute atomic E-state index is 0.0532. The van der Waals surface area contributed by atoms with Crippen molar-refractivity contribution >= 4 is 11.7 Å². The summed E-state index contributed by atoms with van der Waals surface area (Å²) in [5.41, 5.74) is -0.0536. The summed E-state index contributed by atoms with van der Waals surface area (Å²) < 4.78 is 1.43. The third-order valence-corrected chi connectivity index (χ3v) is 6.04. The van der Waals surface area contributed by atoms with E-state index < -0.39 is 6.10 Å². The Hall–Kier alpha value is -2.94. The van der Waals surface area contributed by atoms with Crippen molar-refractivity contribution in [3.63, 3.8) is 0 Å². The summed E-state index contributed by atoms with van der Waals surface area (Å²) in [7, 11) is 0. The largest absolute Gasteiger partial charge is 0.391 e. The standard InChI is InChI=1S/C21H27N5O4/c27-17-6-3-5-16(17)26-20(29)10-8-18(24-26)25-11-2-1-4-15(25)13-23-21(30)14-7-9-19(28)22-12-14/h7-10,12,15-17,27H,1-6,11,13H2,(H,22,28)(H,23,30). The number of amides is 1. The van der Waals surface area contributed by atoms with Crippen molar-refractivity contribution in [1.82, 2.24) is 20.1 Å². The molecule has 3 N–H and O–H groups in total. The Bertz CT molecular complexity index is 996. The molecule has 160 valence electrons. The Morgan fingerprint density at radius 1 is 1.13 bits per heavy atom. The molecular formula is C21H27N5O4. The lowest BCUT2D eigenvalue weighted by Crippen LogP contribution is -2.48. The number of anilines is 1. The van der Waals surface area contributed by atoms with Gasteiger partial charge in [-0.1, -0.05) is 0 Å². The van der Waals surface area contributed by atoms with Crippen LogP contribution in [0.25, 0.3) is 0 Å². The number of nitrogens with zero attached hydrogens (tertiary/aromatic N) is 3. The van der Waals surface area contributed by atoms with Crippen molar-refractivity contribution in [2.24, 2.45) is 0 Å². The molecule has 3 heterocycles. The van der Waals surface area contributed by atoms with Crippen LogP contribution in [0.4, 0.5) is 5.82 Å². The van der Waals surface area contributed by atoms with Gasteiger partial charge in [0.05, 0.1) is 17.7 Å². The molecule has 3 unspecified atom stereocenters. The second-order valence-electron chi connectivity index (χ2n) is 8.03. The second-order valence-corrected chi connectivity index (χ2v) is 8.03. The van der Waals surface area contributed by atoms with Crippen molar-refractivity contribution < 1.29 is 9.90 Å². The van der Waals surface area contributed by atoms with Crippen LogP contribution >= 0.6 is 0 Å². The Balaban J connectivity index is 1.49. The highest BCUT2D eigenvalue weighted by molar-refractivity contribution is 5.93. The lowest BCUT2D eigenvalue weighted by molar-refractivity contribution is 0.0949. The first-order chi connectivity index (χ1) is 14.5. The van der Waals surface area contributed by atoms with E-state index in [4.69, 9.17) is 0 Å². The third-order valence-electron chi connectivity index (χ3n) is 6.04. The number of piperidine rings is 1. The van der Waals surface area contributed by atoms with E-state index in [1.54, 1.807) is 6.07 Å². The van der Waals surface area contributed by atoms with Gasteiger partial charge in [-0.25, -0.2) is 4.68 Å². The number of aliphatic hydroxyl groups excluding tert-OH is 1. The monoisotopic (exact) mass is 413 g/mol. The number of hydrogen-bond donors (Lipinski definition) is 3. The number of aromatic nitrogens is 3. The zero-order valence-electron chi connectivity index (χ0n) is 16.8. The molecule has 3 atom stereocenters. The smallest absolute Gasteiger partial charge is 0.267 e. The first kappa shape index (κ1) is 20.3. The molecular weight excluding hydrogens is 386 g/mol. The summed E-state index contributed by atoms with van der Waals surface area (Å²) in [6.07, 6.45) is 6.14. The highest BCUT2D eigenvalue weighted by atomic mass is 16.3. The van der Waals surface area contributed by atoms with E-state index in [9.17, 15) is 19.5 Å². The summed E-state index contributed by atoms with van der Waals surface area (Å²) in [6, 6.07) is 5.84. The molecule has 9 nitrogen and oxygen atoms in total. The number of H-pyrrole nitrogens is 1. The van der Waals surface area contributed by atoms with Crippen molar-refractivity contribution in [3.05, 3.63) is 56.7 Å². The Kier molecular flexibility index (Phi) is 5.98. The Morgan fingerprint density at radius 3 is 2.73 bits per heavy atom. The topological polar surface area (TPSA) is 120 Å². The van der Waals surface area contributed by atoms with E-state index in [0.29, 0.717) is 24.3 Å². The molecule has 2 aromatic rings. The van der Waals surface area contributed by atoms with Gasteiger partial charge in [-0.2, -0.15) is 5.10 Å². The Labute approximate surface area is 173 Å². The maximum atomic E-state index is 12.4. The minimum Gasteiger partial charge on any atom is -0.391 e. The van der Waals surface area contributed by atoms with Gasteiger partial charge in [0, 0.05) is 37.5 Å². The van der Waals surface area contributed by atoms with Gasteiger partial charge < -0.3 is 20.3 Å². The van der Waals surface area contributed by atoms with Gasteiger partial charge in [-0.3, -0.25) is 14.4 Å². The molecule has 9 heteroatoms. The van der Waals surface area contributed by atoms with E-state index >= 15 is 0 Å². The predicted octanol–water partition coefficient (Wildman–Crippen LogP) is 0.806. The number of aromatic amines is 1. The molecule has 30 heavy (non-hydrogen) atoms. The van der Waals surface area contributed by atoms with E-state index in [2.05, 4.69) is 20.3 Å². The number of hydrogen-bond acceptors (Lipinski definition) is 6. The van der Waals surface area contributed by atoms with Gasteiger partial charge in [0.15, 0.2) is 0 Å². The molecule has 0 spiro atoms. The van der Waals surface area contributed by atoms with E-state index in [1.807, 2.05) is 0 Å². The maximum absolute atomic E-state index is 12.4. The van der Waals surface area contributed by atoms with Crippen LogP contribution in [-0.2, 0) is 0 Å². The minimum atomic E-state index is -0.542. The fourth-order valence-electron chi connectivity index (χ4n) is 4.39. The summed E-state index contributed by atoms with van der Waals surface area (Å²) in [4.78, 5) is 40.6. The summed E-state index contributed by atoms with van der Waals surface area (Å²) in [5, 5.41) is 17.7. The summed E-state index contributed by atoms with van der Waals surface area (Å²) in [5.74, 6) is 0.445. The average Bonchev–Trinajstić information content (AvgIpc) is 3.19. The average molecular weight is 413 g/mol. The highest BCUT2D eigenvalue weighted by Gasteiger charge is 2.30. The second kappa shape index (κ2) is 8.83. The van der Waals surface area contributed by atoms with Gasteiger partial charge in [0.1, 0.15) is 5.82 Å². The maximum Gasteiger partial charge on any atom is 0.267 e. The van der Waals surface area contributed by atoms with Gasteiger partial charge in [-0.05, 0) is 50.7 Å². The summed E-state index contributed by atoms with van der Waals surface area (Å²) in [6.45, 7) is 1.22. The van der Waals surface area contributed by atoms with Crippen LogP contribution in [0.5, 0.6) is 0 Å². The van der Waals surface area contributed by atoms with Crippen molar-refractivity contribution in [2.75, 3.05) is 18.0 Å². The fraction of sp³-hybridized carbons (Fsp3) is 0.524. The molecule has 4 rings (SSSR count). The number of pyridine rings is 1. The number of nitrogens with one attached hydrogen (secondary N) is 2. The van der Waals surface area contributed by atoms with E-state index in [0.717, 1.165) is 38.6 Å². The van der Waals surface area contributed by atoms with E-state index in [-0.39, 0.29) is 29.1 Å². The van der Waals surface area contributed by atoms with Crippen LogP contribution in [-0.4, -0.2) is 51.0 Å². The molecule has 1 amide bonds. The molecule has 0 aromatic carbocycles. The quantitative estimate of drug-likeness (QED) is 0.667. The first-order valence-corrected chi connectivity index (χ1v) is 10.5. The molecule has 1 aliphatic heterocycles. The normalized spacial score (nSPS) is 24.0. The van der Waals surface area contributed by atoms with Gasteiger partial charge in [0.2, 0.25) is 5.56 Å². The lowest BCUT2D eigenvalue weighted by Gasteiger charge is -2.37. The molecule has 1 aliphatic carbocycles. The molecule has 2 aromatic heterocycles. The van der Waals surface area contributed by atoms with Crippen molar-refractivity contribution in [1.29, 1.82) is 0 Å². The van der Waals surface area contributed by atoms with E-state index in [1.165, 1.54) is 29.1 Å². The molecule has 2 fully saturated rings. The van der Waals surface area contributed by atoms with Crippen molar-refractivity contribution in [3.8, 4) is 0 Å². The number of carbonyl (C=O) groups is 1. The third kappa shape index (κ3) is 4.30. The lowest BCUT2D eigenvalue weighted by atomic mass is 10.0. The van der Waals surface area contributed by atoms with Crippen LogP contribution < -0.4 is 21.3 Å². The molecule has 1 saturated carbocycles. The predicted molar refractivity (Wildman–Crippen MR) is 112 cm³/mol. The first-order valence-electron chi connectivity index (χ1n) is 10.5. The van der Waals surface area contributed by atoms with Gasteiger partial charge in [-0.15, -0.1) is 0 Å². The SMILES string of the molecule is O=C(NCC1CCCCN1c1ccc(=O)n(C2CCCC2O)n1)c1ccc(=O)[nH]c1. The molecule has 0 bridgehead atoms. The number of rotatable bonds is 5. The summed E-state index contributed by atoms with van der Waals surface area (Å²) >= 11 is 0. The Morgan fingerprint density at radius 2 is 2.00 bits per heavy atom. The van der Waals surface area contributed by atoms with Crippen LogP contribution in [0.1, 0.15) is 54.9 Å². The zero-order valence-corrected chi connectivity index (χ0v) is 16.8. The molecule has 1 saturated heterocycles. The van der Waals surface area contributed by atoms with Crippen LogP contribution in [0.15, 0.2) is 40.1 Å². The molecule has 0 radical (unpaired) electrons. The van der Waals surface area contributed by atoms with Crippen LogP contribution in [0.2, 0.25) is 0 Å². The van der Waals surface area contributed by atoms with Crippen LogP contribution in [0, 0.1) is 0 Å². The highest BCUT2D eigenvalue weighted by Crippen LogP contribution is 2.29. The number of carbonyl (C=O) groups excluding carboxylic acids is 1.